The lowest BCUT2D eigenvalue weighted by Crippen LogP contribution is -2.42. The van der Waals surface area contributed by atoms with Crippen molar-refractivity contribution in [3.63, 3.8) is 0 Å². The van der Waals surface area contributed by atoms with Crippen LogP contribution in [0.4, 0.5) is 5.69 Å². The molecule has 3 rings (SSSR count). The summed E-state index contributed by atoms with van der Waals surface area (Å²) in [5, 5.41) is 11.2. The monoisotopic (exact) mass is 365 g/mol. The molecule has 138 valence electrons. The summed E-state index contributed by atoms with van der Waals surface area (Å²) >= 11 is 0. The van der Waals surface area contributed by atoms with Crippen LogP contribution in [0.2, 0.25) is 0 Å². The first-order valence-electron chi connectivity index (χ1n) is 8.28. The van der Waals surface area contributed by atoms with Gasteiger partial charge in [-0.05, 0) is 18.2 Å². The number of anilines is 1. The van der Waals surface area contributed by atoms with Crippen LogP contribution in [-0.2, 0) is 10.4 Å². The zero-order valence-electron chi connectivity index (χ0n) is 15.1. The molecule has 6 heteroatoms. The van der Waals surface area contributed by atoms with Crippen LogP contribution in [0.25, 0.3) is 0 Å². The third-order valence-electron chi connectivity index (χ3n) is 4.61. The summed E-state index contributed by atoms with van der Waals surface area (Å²) in [6.45, 7) is 0.0121. The Balaban J connectivity index is 1.99. The number of rotatable bonds is 6. The van der Waals surface area contributed by atoms with Crippen molar-refractivity contribution in [2.24, 2.45) is 0 Å². The maximum Gasteiger partial charge on any atom is 0.265 e. The zero-order chi connectivity index (χ0) is 19.6. The second-order valence-electron chi connectivity index (χ2n) is 6.14. The lowest BCUT2D eigenvalue weighted by atomic mass is 9.88. The van der Waals surface area contributed by atoms with Crippen molar-refractivity contribution in [3.05, 3.63) is 53.6 Å². The van der Waals surface area contributed by atoms with Gasteiger partial charge in [0.2, 0.25) is 0 Å². The minimum Gasteiger partial charge on any atom is -0.497 e. The lowest BCUT2D eigenvalue weighted by Gasteiger charge is -2.22. The van der Waals surface area contributed by atoms with Gasteiger partial charge >= 0.3 is 0 Å². The molecule has 1 amide bonds. The van der Waals surface area contributed by atoms with E-state index in [1.807, 2.05) is 0 Å². The van der Waals surface area contributed by atoms with Crippen LogP contribution in [-0.4, -0.2) is 37.6 Å². The smallest absolute Gasteiger partial charge is 0.265 e. The van der Waals surface area contributed by atoms with Crippen LogP contribution < -0.4 is 14.4 Å². The molecule has 0 aromatic heterocycles. The third-order valence-corrected chi connectivity index (χ3v) is 4.61. The number of amides is 1. The van der Waals surface area contributed by atoms with E-state index in [1.165, 1.54) is 19.1 Å². The van der Waals surface area contributed by atoms with Crippen LogP contribution in [0.1, 0.15) is 22.3 Å². The highest BCUT2D eigenvalue weighted by atomic mass is 16.5. The van der Waals surface area contributed by atoms with Gasteiger partial charge in [0.1, 0.15) is 11.5 Å². The summed E-state index contributed by atoms with van der Waals surface area (Å²) in [5.74, 6) is 2.21. The van der Waals surface area contributed by atoms with Crippen LogP contribution in [0.5, 0.6) is 11.5 Å². The molecular weight excluding hydrogens is 346 g/mol. The fraction of sp³-hybridized carbons (Fsp3) is 0.238. The number of Topliss-reactive ketones (excluding diaryl/α,β-unsaturated/α-hetero) is 1. The zero-order valence-corrected chi connectivity index (χ0v) is 15.1. The first-order valence-corrected chi connectivity index (χ1v) is 8.28. The Morgan fingerprint density at radius 2 is 1.96 bits per heavy atom. The van der Waals surface area contributed by atoms with E-state index in [2.05, 4.69) is 5.92 Å². The summed E-state index contributed by atoms with van der Waals surface area (Å²) in [5.41, 5.74) is -0.842. The first kappa shape index (κ1) is 18.5. The molecule has 0 fully saturated rings. The number of fused-ring (bicyclic) bond motifs is 1. The quantitative estimate of drug-likeness (QED) is 0.627. The predicted molar refractivity (Wildman–Crippen MR) is 100 cm³/mol. The van der Waals surface area contributed by atoms with E-state index in [-0.39, 0.29) is 12.1 Å². The fourth-order valence-electron chi connectivity index (χ4n) is 3.28. The summed E-state index contributed by atoms with van der Waals surface area (Å²) in [6.07, 6.45) is 4.93. The van der Waals surface area contributed by atoms with Crippen LogP contribution >= 0.6 is 0 Å². The largest absolute Gasteiger partial charge is 0.497 e. The van der Waals surface area contributed by atoms with E-state index in [4.69, 9.17) is 15.9 Å². The van der Waals surface area contributed by atoms with Crippen LogP contribution in [0.3, 0.4) is 0 Å². The number of carbonyl (C=O) groups is 2. The predicted octanol–water partition coefficient (Wildman–Crippen LogP) is 2.14. The number of benzene rings is 2. The van der Waals surface area contributed by atoms with Gasteiger partial charge in [-0.1, -0.05) is 24.1 Å². The summed E-state index contributed by atoms with van der Waals surface area (Å²) in [7, 11) is 2.94. The highest BCUT2D eigenvalue weighted by Crippen LogP contribution is 2.43. The van der Waals surface area contributed by atoms with Gasteiger partial charge in [0.25, 0.3) is 5.91 Å². The maximum atomic E-state index is 12.9. The second-order valence-corrected chi connectivity index (χ2v) is 6.14. The van der Waals surface area contributed by atoms with Crippen molar-refractivity contribution in [1.29, 1.82) is 0 Å². The SMILES string of the molecule is C#CCN1C(=O)[C@@](O)(CC(=O)c2ccc(OC)cc2OC)c2ccccc21. The molecule has 0 bridgehead atoms. The Morgan fingerprint density at radius 1 is 1.22 bits per heavy atom. The number of ketones is 1. The highest BCUT2D eigenvalue weighted by Gasteiger charge is 2.50. The molecule has 0 spiro atoms. The average Bonchev–Trinajstić information content (AvgIpc) is 2.89. The van der Waals surface area contributed by atoms with Crippen molar-refractivity contribution >= 4 is 17.4 Å². The number of aliphatic hydroxyl groups is 1. The molecule has 1 aliphatic rings. The van der Waals surface area contributed by atoms with E-state index < -0.39 is 23.7 Å². The standard InChI is InChI=1S/C21H19NO5/c1-4-11-22-17-8-6-5-7-16(17)21(25,20(22)24)13-18(23)15-10-9-14(26-2)12-19(15)27-3/h1,5-10,12,25H,11,13H2,2-3H3/t21-/m1/s1. The molecule has 0 saturated carbocycles. The molecule has 6 nitrogen and oxygen atoms in total. The van der Waals surface area contributed by atoms with Gasteiger partial charge < -0.3 is 14.6 Å². The number of ether oxygens (including phenoxy) is 2. The van der Waals surface area contributed by atoms with Crippen molar-refractivity contribution in [1.82, 2.24) is 0 Å². The molecular formula is C21H19NO5. The highest BCUT2D eigenvalue weighted by molar-refractivity contribution is 6.11. The van der Waals surface area contributed by atoms with Gasteiger partial charge in [0, 0.05) is 11.6 Å². The van der Waals surface area contributed by atoms with Gasteiger partial charge in [-0.2, -0.15) is 0 Å². The number of terminal acetylenes is 1. The summed E-state index contributed by atoms with van der Waals surface area (Å²) < 4.78 is 10.4. The van der Waals surface area contributed by atoms with Crippen LogP contribution in [0, 0.1) is 12.3 Å². The van der Waals surface area contributed by atoms with E-state index in [0.717, 1.165) is 0 Å². The van der Waals surface area contributed by atoms with Crippen LogP contribution in [0.15, 0.2) is 42.5 Å². The minimum atomic E-state index is -1.98. The average molecular weight is 365 g/mol. The van der Waals surface area contributed by atoms with E-state index in [1.54, 1.807) is 42.5 Å². The molecule has 1 N–H and O–H groups in total. The summed E-state index contributed by atoms with van der Waals surface area (Å²) in [4.78, 5) is 27.1. The van der Waals surface area contributed by atoms with Gasteiger partial charge in [0.05, 0.1) is 38.4 Å². The first-order chi connectivity index (χ1) is 13.0. The number of nitrogens with zero attached hydrogens (tertiary/aromatic N) is 1. The van der Waals surface area contributed by atoms with E-state index >= 15 is 0 Å². The van der Waals surface area contributed by atoms with Crippen molar-refractivity contribution < 1.29 is 24.2 Å². The Morgan fingerprint density at radius 3 is 2.63 bits per heavy atom. The van der Waals surface area contributed by atoms with Gasteiger partial charge in [-0.25, -0.2) is 0 Å². The molecule has 27 heavy (non-hydrogen) atoms. The Kier molecular flexibility index (Phi) is 4.89. The third kappa shape index (κ3) is 3.03. The number of hydrogen-bond donors (Lipinski definition) is 1. The fourth-order valence-corrected chi connectivity index (χ4v) is 3.28. The number of carbonyl (C=O) groups excluding carboxylic acids is 2. The molecule has 2 aromatic carbocycles. The van der Waals surface area contributed by atoms with Gasteiger partial charge in [-0.15, -0.1) is 6.42 Å². The molecule has 1 atom stereocenters. The minimum absolute atomic E-state index is 0.0121. The normalized spacial score (nSPS) is 18.0. The van der Waals surface area contributed by atoms with Gasteiger partial charge in [0.15, 0.2) is 11.4 Å². The number of para-hydroxylation sites is 1. The maximum absolute atomic E-state index is 12.9. The van der Waals surface area contributed by atoms with Crippen molar-refractivity contribution in [2.45, 2.75) is 12.0 Å². The van der Waals surface area contributed by atoms with Crippen molar-refractivity contribution in [2.75, 3.05) is 25.7 Å². The van der Waals surface area contributed by atoms with E-state index in [9.17, 15) is 14.7 Å². The molecule has 0 unspecified atom stereocenters. The molecule has 1 heterocycles. The van der Waals surface area contributed by atoms with E-state index in [0.29, 0.717) is 22.7 Å². The molecule has 1 aliphatic heterocycles. The number of methoxy groups -OCH3 is 2. The Hall–Kier alpha value is -3.30. The topological polar surface area (TPSA) is 76.1 Å². The summed E-state index contributed by atoms with van der Waals surface area (Å²) in [6, 6.07) is 11.5. The van der Waals surface area contributed by atoms with Crippen molar-refractivity contribution in [3.8, 4) is 23.8 Å². The Bertz CT molecular complexity index is 946. The molecule has 2 aromatic rings. The molecule has 0 saturated heterocycles. The number of hydrogen-bond acceptors (Lipinski definition) is 5. The lowest BCUT2D eigenvalue weighted by molar-refractivity contribution is -0.135. The second kappa shape index (κ2) is 7.14. The Labute approximate surface area is 157 Å². The molecule has 0 radical (unpaired) electrons. The molecule has 0 aliphatic carbocycles. The van der Waals surface area contributed by atoms with Gasteiger partial charge in [-0.3, -0.25) is 14.5 Å².